The molecule has 0 amide bonds. The van der Waals surface area contributed by atoms with Gasteiger partial charge >= 0.3 is 6.18 Å². The fraction of sp³-hybridized carbons (Fsp3) is 0.238. The quantitative estimate of drug-likeness (QED) is 0.502. The Morgan fingerprint density at radius 1 is 1.00 bits per heavy atom. The summed E-state index contributed by atoms with van der Waals surface area (Å²) >= 11 is 0. The smallest absolute Gasteiger partial charge is 0.421 e. The largest absolute Gasteiger partial charge is 0.494 e. The van der Waals surface area contributed by atoms with Crippen molar-refractivity contribution in [1.82, 2.24) is 9.97 Å². The summed E-state index contributed by atoms with van der Waals surface area (Å²) in [5.41, 5.74) is 1.13. The molecule has 2 N–H and O–H groups in total. The van der Waals surface area contributed by atoms with Crippen LogP contribution in [0.5, 0.6) is 5.75 Å². The van der Waals surface area contributed by atoms with Gasteiger partial charge in [0.25, 0.3) is 0 Å². The molecule has 5 nitrogen and oxygen atoms in total. The third-order valence-electron chi connectivity index (χ3n) is 3.96. The predicted octanol–water partition coefficient (Wildman–Crippen LogP) is 6.08. The van der Waals surface area contributed by atoms with E-state index in [0.29, 0.717) is 23.7 Å². The lowest BCUT2D eigenvalue weighted by Crippen LogP contribution is -2.12. The Bertz CT molecular complexity index is 959. The summed E-state index contributed by atoms with van der Waals surface area (Å²) in [6.07, 6.45) is -2.91. The van der Waals surface area contributed by atoms with Crippen molar-refractivity contribution in [1.29, 1.82) is 0 Å². The molecule has 3 rings (SSSR count). The normalized spacial score (nSPS) is 11.2. The first-order chi connectivity index (χ1) is 13.8. The Morgan fingerprint density at radius 2 is 1.76 bits per heavy atom. The van der Waals surface area contributed by atoms with E-state index in [-0.39, 0.29) is 11.8 Å². The van der Waals surface area contributed by atoms with E-state index in [0.717, 1.165) is 18.2 Å². The zero-order chi connectivity index (χ0) is 20.9. The number of alkyl halides is 3. The van der Waals surface area contributed by atoms with E-state index in [1.807, 2.05) is 19.9 Å². The minimum absolute atomic E-state index is 0.0513. The molecule has 0 spiro atoms. The molecule has 0 aliphatic carbocycles. The first kappa shape index (κ1) is 20.4. The van der Waals surface area contributed by atoms with Crippen molar-refractivity contribution in [2.24, 2.45) is 0 Å². The highest BCUT2D eigenvalue weighted by molar-refractivity contribution is 5.63. The van der Waals surface area contributed by atoms with Crippen molar-refractivity contribution < 1.29 is 17.9 Å². The van der Waals surface area contributed by atoms with Crippen molar-refractivity contribution >= 4 is 23.1 Å². The van der Waals surface area contributed by atoms with Gasteiger partial charge in [-0.05, 0) is 55.3 Å². The zero-order valence-electron chi connectivity index (χ0n) is 16.0. The lowest BCUT2D eigenvalue weighted by Gasteiger charge is -2.15. The molecule has 1 heterocycles. The van der Waals surface area contributed by atoms with Gasteiger partial charge < -0.3 is 15.4 Å². The lowest BCUT2D eigenvalue weighted by atomic mass is 10.2. The van der Waals surface area contributed by atoms with Crippen LogP contribution in [0.2, 0.25) is 0 Å². The van der Waals surface area contributed by atoms with Crippen LogP contribution < -0.4 is 15.4 Å². The molecule has 152 valence electrons. The maximum absolute atomic E-state index is 13.4. The van der Waals surface area contributed by atoms with Crippen LogP contribution in [0, 0.1) is 6.92 Å². The molecule has 0 atom stereocenters. The molecule has 0 saturated heterocycles. The van der Waals surface area contributed by atoms with Crippen LogP contribution in [0.15, 0.2) is 54.7 Å². The second kappa shape index (κ2) is 8.81. The number of nitrogens with zero attached hydrogens (tertiary/aromatic N) is 2. The second-order valence-corrected chi connectivity index (χ2v) is 6.45. The Kier molecular flexibility index (Phi) is 6.21. The molecule has 0 saturated carbocycles. The van der Waals surface area contributed by atoms with Gasteiger partial charge in [0.15, 0.2) is 0 Å². The van der Waals surface area contributed by atoms with E-state index in [2.05, 4.69) is 20.6 Å². The van der Waals surface area contributed by atoms with Gasteiger partial charge in [0.05, 0.1) is 6.61 Å². The number of aryl methyl sites for hydroxylation is 1. The number of benzene rings is 2. The molecule has 0 fully saturated rings. The molecule has 0 radical (unpaired) electrons. The van der Waals surface area contributed by atoms with Crippen molar-refractivity contribution in [3.05, 3.63) is 65.9 Å². The van der Waals surface area contributed by atoms with Gasteiger partial charge in [0.2, 0.25) is 5.95 Å². The number of halogens is 3. The maximum Gasteiger partial charge on any atom is 0.421 e. The molecular weight excluding hydrogens is 381 g/mol. The number of anilines is 4. The summed E-state index contributed by atoms with van der Waals surface area (Å²) in [5.74, 6) is 0.450. The number of aromatic nitrogens is 2. The van der Waals surface area contributed by atoms with E-state index in [1.54, 1.807) is 42.5 Å². The SMILES string of the molecule is CCCOc1ccc(Nc2ncc(C(F)(F)F)c(Nc3cccc(C)c3)n2)cc1. The third-order valence-corrected chi connectivity index (χ3v) is 3.96. The van der Waals surface area contributed by atoms with Gasteiger partial charge in [0.1, 0.15) is 17.1 Å². The molecule has 0 unspecified atom stereocenters. The van der Waals surface area contributed by atoms with Gasteiger partial charge in [0, 0.05) is 17.6 Å². The number of hydrogen-bond donors (Lipinski definition) is 2. The van der Waals surface area contributed by atoms with Gasteiger partial charge in [-0.2, -0.15) is 18.2 Å². The van der Waals surface area contributed by atoms with Crippen LogP contribution in [0.25, 0.3) is 0 Å². The van der Waals surface area contributed by atoms with E-state index < -0.39 is 11.7 Å². The van der Waals surface area contributed by atoms with Crippen LogP contribution >= 0.6 is 0 Å². The summed E-state index contributed by atoms with van der Waals surface area (Å²) in [7, 11) is 0. The maximum atomic E-state index is 13.4. The van der Waals surface area contributed by atoms with E-state index >= 15 is 0 Å². The van der Waals surface area contributed by atoms with E-state index in [9.17, 15) is 13.2 Å². The van der Waals surface area contributed by atoms with Crippen LogP contribution in [-0.4, -0.2) is 16.6 Å². The standard InChI is InChI=1S/C21H21F3N4O/c1-3-11-29-17-9-7-15(8-10-17)27-20-25-13-18(21(22,23)24)19(28-20)26-16-6-4-5-14(2)12-16/h4-10,12-13H,3,11H2,1-2H3,(H2,25,26,27,28). The van der Waals surface area contributed by atoms with Crippen molar-refractivity contribution in [2.75, 3.05) is 17.2 Å². The molecule has 3 aromatic rings. The first-order valence-corrected chi connectivity index (χ1v) is 9.13. The van der Waals surface area contributed by atoms with E-state index in [1.165, 1.54) is 0 Å². The van der Waals surface area contributed by atoms with Crippen LogP contribution in [0.3, 0.4) is 0 Å². The first-order valence-electron chi connectivity index (χ1n) is 9.13. The highest BCUT2D eigenvalue weighted by Crippen LogP contribution is 2.35. The minimum atomic E-state index is -4.58. The minimum Gasteiger partial charge on any atom is -0.494 e. The molecule has 29 heavy (non-hydrogen) atoms. The van der Waals surface area contributed by atoms with Gasteiger partial charge in [-0.1, -0.05) is 19.1 Å². The van der Waals surface area contributed by atoms with Crippen LogP contribution in [0.1, 0.15) is 24.5 Å². The Labute approximate surface area is 167 Å². The average Bonchev–Trinajstić information content (AvgIpc) is 2.67. The molecule has 1 aromatic heterocycles. The predicted molar refractivity (Wildman–Crippen MR) is 107 cm³/mol. The summed E-state index contributed by atoms with van der Waals surface area (Å²) in [5, 5.41) is 5.67. The summed E-state index contributed by atoms with van der Waals surface area (Å²) in [6.45, 7) is 4.49. The third kappa shape index (κ3) is 5.60. The topological polar surface area (TPSA) is 59.1 Å². The van der Waals surface area contributed by atoms with E-state index in [4.69, 9.17) is 4.74 Å². The average molecular weight is 402 g/mol. The number of rotatable bonds is 7. The van der Waals surface area contributed by atoms with Crippen molar-refractivity contribution in [3.63, 3.8) is 0 Å². The fourth-order valence-electron chi connectivity index (χ4n) is 2.59. The fourth-order valence-corrected chi connectivity index (χ4v) is 2.59. The molecule has 0 bridgehead atoms. The Hall–Kier alpha value is -3.29. The van der Waals surface area contributed by atoms with Crippen LogP contribution in [0.4, 0.5) is 36.3 Å². The molecule has 0 aliphatic heterocycles. The second-order valence-electron chi connectivity index (χ2n) is 6.45. The summed E-state index contributed by atoms with van der Waals surface area (Å²) < 4.78 is 45.7. The van der Waals surface area contributed by atoms with Gasteiger partial charge in [-0.25, -0.2) is 4.98 Å². The molecule has 0 aliphatic rings. The van der Waals surface area contributed by atoms with Gasteiger partial charge in [-0.3, -0.25) is 0 Å². The summed E-state index contributed by atoms with van der Waals surface area (Å²) in [4.78, 5) is 7.87. The highest BCUT2D eigenvalue weighted by Gasteiger charge is 2.35. The number of ether oxygens (including phenoxy) is 1. The number of hydrogen-bond acceptors (Lipinski definition) is 5. The van der Waals surface area contributed by atoms with Gasteiger partial charge in [-0.15, -0.1) is 0 Å². The zero-order valence-corrected chi connectivity index (χ0v) is 16.0. The molecule has 8 heteroatoms. The van der Waals surface area contributed by atoms with Crippen molar-refractivity contribution in [3.8, 4) is 5.75 Å². The lowest BCUT2D eigenvalue weighted by molar-refractivity contribution is -0.137. The number of nitrogens with one attached hydrogen (secondary N) is 2. The Balaban J connectivity index is 1.84. The monoisotopic (exact) mass is 402 g/mol. The van der Waals surface area contributed by atoms with Crippen LogP contribution in [-0.2, 0) is 6.18 Å². The highest BCUT2D eigenvalue weighted by atomic mass is 19.4. The Morgan fingerprint density at radius 3 is 2.41 bits per heavy atom. The molecule has 2 aromatic carbocycles. The van der Waals surface area contributed by atoms with Crippen molar-refractivity contribution in [2.45, 2.75) is 26.4 Å². The molecular formula is C21H21F3N4O. The summed E-state index contributed by atoms with van der Waals surface area (Å²) in [6, 6.07) is 14.1.